The highest BCUT2D eigenvalue weighted by molar-refractivity contribution is 5.24. The highest BCUT2D eigenvalue weighted by Gasteiger charge is 2.28. The van der Waals surface area contributed by atoms with E-state index in [1.165, 1.54) is 12.8 Å². The van der Waals surface area contributed by atoms with Crippen LogP contribution in [0.5, 0.6) is 0 Å². The van der Waals surface area contributed by atoms with Crippen LogP contribution in [0.25, 0.3) is 0 Å². The second-order valence-electron chi connectivity index (χ2n) is 5.50. The monoisotopic (exact) mass is 257 g/mol. The van der Waals surface area contributed by atoms with Crippen molar-refractivity contribution >= 4 is 0 Å². The van der Waals surface area contributed by atoms with Gasteiger partial charge < -0.3 is 5.32 Å². The summed E-state index contributed by atoms with van der Waals surface area (Å²) in [7, 11) is 2.20. The van der Waals surface area contributed by atoms with Gasteiger partial charge in [0.2, 0.25) is 0 Å². The normalized spacial score (nSPS) is 18.0. The van der Waals surface area contributed by atoms with E-state index in [1.54, 1.807) is 0 Å². The van der Waals surface area contributed by atoms with E-state index in [4.69, 9.17) is 0 Å². The molecule has 1 aliphatic carbocycles. The molecule has 102 valence electrons. The summed E-state index contributed by atoms with van der Waals surface area (Å²) in [5.74, 6) is -0.0559. The summed E-state index contributed by atoms with van der Waals surface area (Å²) in [4.78, 5) is 2.44. The second kappa shape index (κ2) is 6.70. The zero-order chi connectivity index (χ0) is 13.7. The maximum atomic E-state index is 9.25. The van der Waals surface area contributed by atoms with Gasteiger partial charge in [-0.2, -0.15) is 5.26 Å². The van der Waals surface area contributed by atoms with E-state index in [9.17, 15) is 5.26 Å². The Morgan fingerprint density at radius 2 is 2.00 bits per heavy atom. The first-order valence-electron chi connectivity index (χ1n) is 7.09. The molecule has 3 heteroatoms. The molecule has 2 unspecified atom stereocenters. The smallest absolute Gasteiger partial charge is 0.0837 e. The lowest BCUT2D eigenvalue weighted by atomic mass is 10.0. The Labute approximate surface area is 116 Å². The van der Waals surface area contributed by atoms with Crippen molar-refractivity contribution in [1.29, 1.82) is 5.26 Å². The Kier molecular flexibility index (Phi) is 4.95. The molecule has 0 radical (unpaired) electrons. The molecular formula is C16H23N3. The summed E-state index contributed by atoms with van der Waals surface area (Å²) < 4.78 is 0. The van der Waals surface area contributed by atoms with Crippen LogP contribution >= 0.6 is 0 Å². The van der Waals surface area contributed by atoms with Gasteiger partial charge in [0.1, 0.15) is 0 Å². The number of nitrogens with one attached hydrogen (secondary N) is 1. The highest BCUT2D eigenvalue weighted by atomic mass is 15.2. The third-order valence-corrected chi connectivity index (χ3v) is 3.96. The van der Waals surface area contributed by atoms with Crippen LogP contribution in [0.4, 0.5) is 0 Å². The molecule has 0 amide bonds. The number of nitrogens with zero attached hydrogens (tertiary/aromatic N) is 2. The Hall–Kier alpha value is -1.37. The number of likely N-dealkylation sites (N-methyl/N-ethyl adjacent to an activating group) is 1. The van der Waals surface area contributed by atoms with Crippen LogP contribution in [0.3, 0.4) is 0 Å². The van der Waals surface area contributed by atoms with Crippen LogP contribution < -0.4 is 5.32 Å². The minimum Gasteiger partial charge on any atom is -0.314 e. The second-order valence-corrected chi connectivity index (χ2v) is 5.50. The molecule has 0 heterocycles. The van der Waals surface area contributed by atoms with Gasteiger partial charge in [-0.3, -0.25) is 4.90 Å². The molecule has 0 saturated heterocycles. The fraction of sp³-hybridized carbons (Fsp3) is 0.562. The molecule has 1 aromatic rings. The molecule has 0 spiro atoms. The topological polar surface area (TPSA) is 39.1 Å². The molecular weight excluding hydrogens is 234 g/mol. The quantitative estimate of drug-likeness (QED) is 0.815. The van der Waals surface area contributed by atoms with Gasteiger partial charge in [-0.15, -0.1) is 0 Å². The SMILES string of the molecule is CC(CNCC(C#N)c1ccccc1)N(C)C1CC1. The first kappa shape index (κ1) is 14.0. The third-order valence-electron chi connectivity index (χ3n) is 3.96. The average molecular weight is 257 g/mol. The van der Waals surface area contributed by atoms with Crippen molar-refractivity contribution in [3.05, 3.63) is 35.9 Å². The zero-order valence-corrected chi connectivity index (χ0v) is 11.8. The molecule has 1 aromatic carbocycles. The van der Waals surface area contributed by atoms with Gasteiger partial charge in [0, 0.05) is 25.2 Å². The number of nitriles is 1. The van der Waals surface area contributed by atoms with E-state index < -0.39 is 0 Å². The largest absolute Gasteiger partial charge is 0.314 e. The lowest BCUT2D eigenvalue weighted by Crippen LogP contribution is -2.40. The summed E-state index contributed by atoms with van der Waals surface area (Å²) in [6.45, 7) is 3.91. The molecule has 1 fully saturated rings. The van der Waals surface area contributed by atoms with Crippen molar-refractivity contribution in [3.63, 3.8) is 0 Å². The third kappa shape index (κ3) is 4.05. The molecule has 2 rings (SSSR count). The molecule has 1 saturated carbocycles. The average Bonchev–Trinajstić information content (AvgIpc) is 3.28. The van der Waals surface area contributed by atoms with Gasteiger partial charge in [0.15, 0.2) is 0 Å². The van der Waals surface area contributed by atoms with Crippen molar-refractivity contribution in [1.82, 2.24) is 10.2 Å². The maximum absolute atomic E-state index is 9.25. The fourth-order valence-electron chi connectivity index (χ4n) is 2.35. The molecule has 0 bridgehead atoms. The minimum atomic E-state index is -0.0559. The van der Waals surface area contributed by atoms with Crippen LogP contribution in [0.2, 0.25) is 0 Å². The predicted octanol–water partition coefficient (Wildman–Crippen LogP) is 2.37. The minimum absolute atomic E-state index is 0.0559. The van der Waals surface area contributed by atoms with Crippen LogP contribution in [0, 0.1) is 11.3 Å². The number of hydrogen-bond acceptors (Lipinski definition) is 3. The van der Waals surface area contributed by atoms with Crippen LogP contribution in [0.15, 0.2) is 30.3 Å². The molecule has 3 nitrogen and oxygen atoms in total. The molecule has 1 aliphatic rings. The van der Waals surface area contributed by atoms with Gasteiger partial charge in [-0.25, -0.2) is 0 Å². The van der Waals surface area contributed by atoms with Gasteiger partial charge in [0.25, 0.3) is 0 Å². The summed E-state index contributed by atoms with van der Waals surface area (Å²) in [6, 6.07) is 13.7. The van der Waals surface area contributed by atoms with Crippen molar-refractivity contribution in [2.75, 3.05) is 20.1 Å². The Bertz CT molecular complexity index is 419. The standard InChI is InChI=1S/C16H23N3/c1-13(19(2)16-8-9-16)11-18-12-15(10-17)14-6-4-3-5-7-14/h3-7,13,15-16,18H,8-9,11-12H2,1-2H3. The maximum Gasteiger partial charge on any atom is 0.0837 e. The molecule has 19 heavy (non-hydrogen) atoms. The van der Waals surface area contributed by atoms with E-state index in [0.29, 0.717) is 6.04 Å². The van der Waals surface area contributed by atoms with Crippen molar-refractivity contribution in [2.45, 2.75) is 37.8 Å². The van der Waals surface area contributed by atoms with Gasteiger partial charge in [-0.05, 0) is 32.4 Å². The lowest BCUT2D eigenvalue weighted by molar-refractivity contribution is 0.241. The van der Waals surface area contributed by atoms with Crippen LogP contribution in [0.1, 0.15) is 31.2 Å². The van der Waals surface area contributed by atoms with E-state index >= 15 is 0 Å². The van der Waals surface area contributed by atoms with Crippen LogP contribution in [-0.2, 0) is 0 Å². The Balaban J connectivity index is 1.76. The van der Waals surface area contributed by atoms with Crippen molar-refractivity contribution in [3.8, 4) is 6.07 Å². The molecule has 0 aromatic heterocycles. The summed E-state index contributed by atoms with van der Waals surface area (Å²) in [6.07, 6.45) is 2.68. The molecule has 2 atom stereocenters. The van der Waals surface area contributed by atoms with Gasteiger partial charge in [-0.1, -0.05) is 30.3 Å². The first-order chi connectivity index (χ1) is 9.22. The summed E-state index contributed by atoms with van der Waals surface area (Å²) >= 11 is 0. The summed E-state index contributed by atoms with van der Waals surface area (Å²) in [5, 5.41) is 12.7. The summed E-state index contributed by atoms with van der Waals surface area (Å²) in [5.41, 5.74) is 1.10. The Morgan fingerprint density at radius 1 is 1.32 bits per heavy atom. The van der Waals surface area contributed by atoms with E-state index in [-0.39, 0.29) is 5.92 Å². The van der Waals surface area contributed by atoms with E-state index in [2.05, 4.69) is 30.3 Å². The van der Waals surface area contributed by atoms with Crippen molar-refractivity contribution in [2.24, 2.45) is 0 Å². The molecule has 1 N–H and O–H groups in total. The van der Waals surface area contributed by atoms with Gasteiger partial charge >= 0.3 is 0 Å². The van der Waals surface area contributed by atoms with Gasteiger partial charge in [0.05, 0.1) is 12.0 Å². The number of hydrogen-bond donors (Lipinski definition) is 1. The lowest BCUT2D eigenvalue weighted by Gasteiger charge is -2.25. The van der Waals surface area contributed by atoms with Crippen molar-refractivity contribution < 1.29 is 0 Å². The van der Waals surface area contributed by atoms with E-state index in [0.717, 1.165) is 24.7 Å². The zero-order valence-electron chi connectivity index (χ0n) is 11.8. The number of benzene rings is 1. The molecule has 0 aliphatic heterocycles. The van der Waals surface area contributed by atoms with Crippen LogP contribution in [-0.4, -0.2) is 37.1 Å². The van der Waals surface area contributed by atoms with E-state index in [1.807, 2.05) is 30.3 Å². The number of rotatable bonds is 7. The fourth-order valence-corrected chi connectivity index (χ4v) is 2.35. The predicted molar refractivity (Wildman–Crippen MR) is 77.9 cm³/mol. The first-order valence-corrected chi connectivity index (χ1v) is 7.09. The highest BCUT2D eigenvalue weighted by Crippen LogP contribution is 2.26. The Morgan fingerprint density at radius 3 is 2.58 bits per heavy atom.